The van der Waals surface area contributed by atoms with Crippen molar-refractivity contribution in [3.63, 3.8) is 0 Å². The van der Waals surface area contributed by atoms with E-state index >= 15 is 0 Å². The van der Waals surface area contributed by atoms with Gasteiger partial charge < -0.3 is 20.2 Å². The fraction of sp³-hybridized carbons (Fsp3) is 0.360. The lowest BCUT2D eigenvalue weighted by Crippen LogP contribution is -2.73. The average Bonchev–Trinajstić information content (AvgIpc) is 3.60. The maximum Gasteiger partial charge on any atom is 0.322 e. The highest BCUT2D eigenvalue weighted by atomic mass is 16.3. The molecule has 3 fully saturated rings. The summed E-state index contributed by atoms with van der Waals surface area (Å²) in [6, 6.07) is 16.6. The Balaban J connectivity index is 1.31. The highest BCUT2D eigenvalue weighted by molar-refractivity contribution is 5.93. The van der Waals surface area contributed by atoms with Gasteiger partial charge in [-0.05, 0) is 42.7 Å². The van der Waals surface area contributed by atoms with Crippen LogP contribution in [0.2, 0.25) is 0 Å². The normalized spacial score (nSPS) is 24.5. The SMILES string of the molecule is O=C(Nc1ccccc1)N1CC(=O)N2[C@H](C1)[C@H](c1ccc(C#CC3CC3)cc1)[C@@H]2CO. The van der Waals surface area contributed by atoms with Crippen LogP contribution in [0.4, 0.5) is 10.5 Å². The predicted molar refractivity (Wildman–Crippen MR) is 117 cm³/mol. The first-order chi connectivity index (χ1) is 15.1. The summed E-state index contributed by atoms with van der Waals surface area (Å²) in [7, 11) is 0. The number of aliphatic hydroxyl groups is 1. The summed E-state index contributed by atoms with van der Waals surface area (Å²) in [5.74, 6) is 6.91. The molecule has 2 N–H and O–H groups in total. The number of urea groups is 1. The lowest BCUT2D eigenvalue weighted by molar-refractivity contribution is -0.159. The number of hydrogen-bond acceptors (Lipinski definition) is 3. The Morgan fingerprint density at radius 2 is 1.84 bits per heavy atom. The van der Waals surface area contributed by atoms with Crippen LogP contribution in [0.1, 0.15) is 29.9 Å². The number of anilines is 1. The molecule has 2 aromatic rings. The van der Waals surface area contributed by atoms with Gasteiger partial charge in [-0.15, -0.1) is 0 Å². The van der Waals surface area contributed by atoms with E-state index in [4.69, 9.17) is 0 Å². The second kappa shape index (κ2) is 8.09. The minimum absolute atomic E-state index is 0.00767. The van der Waals surface area contributed by atoms with Gasteiger partial charge in [-0.25, -0.2) is 4.79 Å². The number of aliphatic hydroxyl groups excluding tert-OH is 1. The minimum atomic E-state index is -0.281. The Labute approximate surface area is 181 Å². The molecule has 0 aromatic heterocycles. The smallest absolute Gasteiger partial charge is 0.322 e. The van der Waals surface area contributed by atoms with Crippen LogP contribution in [-0.2, 0) is 4.79 Å². The van der Waals surface area contributed by atoms with Crippen molar-refractivity contribution in [3.05, 3.63) is 65.7 Å². The van der Waals surface area contributed by atoms with Crippen molar-refractivity contribution in [2.24, 2.45) is 5.92 Å². The lowest BCUT2D eigenvalue weighted by Gasteiger charge is -2.58. The highest BCUT2D eigenvalue weighted by Crippen LogP contribution is 2.43. The average molecular weight is 415 g/mol. The van der Waals surface area contributed by atoms with Gasteiger partial charge in [0.2, 0.25) is 5.91 Å². The number of carbonyl (C=O) groups is 2. The molecular formula is C25H25N3O3. The van der Waals surface area contributed by atoms with Gasteiger partial charge in [-0.2, -0.15) is 0 Å². The molecule has 2 saturated heterocycles. The molecule has 3 amide bonds. The van der Waals surface area contributed by atoms with Gasteiger partial charge in [0, 0.05) is 29.6 Å². The molecule has 2 heterocycles. The zero-order valence-electron chi connectivity index (χ0n) is 17.2. The van der Waals surface area contributed by atoms with Gasteiger partial charge in [0.05, 0.1) is 18.7 Å². The zero-order valence-corrected chi connectivity index (χ0v) is 17.2. The third-order valence-electron chi connectivity index (χ3n) is 6.36. The number of benzene rings is 2. The summed E-state index contributed by atoms with van der Waals surface area (Å²) in [5.41, 5.74) is 2.75. The van der Waals surface area contributed by atoms with Crippen LogP contribution in [0.5, 0.6) is 0 Å². The molecule has 3 aliphatic rings. The lowest BCUT2D eigenvalue weighted by atomic mass is 9.73. The number of piperazine rings is 1. The van der Waals surface area contributed by atoms with Crippen molar-refractivity contribution in [3.8, 4) is 11.8 Å². The first-order valence-electron chi connectivity index (χ1n) is 10.8. The van der Waals surface area contributed by atoms with Crippen molar-refractivity contribution in [1.82, 2.24) is 9.80 Å². The van der Waals surface area contributed by atoms with Crippen molar-refractivity contribution < 1.29 is 14.7 Å². The van der Waals surface area contributed by atoms with E-state index in [1.54, 1.807) is 9.80 Å². The molecule has 6 nitrogen and oxygen atoms in total. The van der Waals surface area contributed by atoms with Gasteiger partial charge in [-0.3, -0.25) is 4.79 Å². The van der Waals surface area contributed by atoms with Crippen LogP contribution in [-0.4, -0.2) is 58.6 Å². The Morgan fingerprint density at radius 1 is 1.10 bits per heavy atom. The topological polar surface area (TPSA) is 72.9 Å². The minimum Gasteiger partial charge on any atom is -0.394 e. The molecule has 0 spiro atoms. The molecule has 1 aliphatic carbocycles. The molecule has 0 unspecified atom stereocenters. The van der Waals surface area contributed by atoms with E-state index in [0.29, 0.717) is 18.2 Å². The summed E-state index contributed by atoms with van der Waals surface area (Å²) in [6.07, 6.45) is 2.40. The summed E-state index contributed by atoms with van der Waals surface area (Å²) in [4.78, 5) is 28.8. The third-order valence-corrected chi connectivity index (χ3v) is 6.36. The molecule has 0 bridgehead atoms. The van der Waals surface area contributed by atoms with Crippen molar-refractivity contribution >= 4 is 17.6 Å². The first kappa shape index (κ1) is 19.7. The molecule has 2 aromatic carbocycles. The van der Waals surface area contributed by atoms with E-state index in [-0.39, 0.29) is 43.1 Å². The number of rotatable bonds is 3. The van der Waals surface area contributed by atoms with E-state index in [1.807, 2.05) is 54.6 Å². The quantitative estimate of drug-likeness (QED) is 0.757. The van der Waals surface area contributed by atoms with Gasteiger partial charge in [0.25, 0.3) is 0 Å². The summed E-state index contributed by atoms with van der Waals surface area (Å²) in [6.45, 7) is 0.370. The Kier molecular flexibility index (Phi) is 5.13. The number of fused-ring (bicyclic) bond motifs is 1. The molecule has 158 valence electrons. The van der Waals surface area contributed by atoms with Crippen molar-refractivity contribution in [2.45, 2.75) is 30.8 Å². The maximum absolute atomic E-state index is 12.8. The number of carbonyl (C=O) groups excluding carboxylic acids is 2. The van der Waals surface area contributed by atoms with Gasteiger partial charge in [-0.1, -0.05) is 42.2 Å². The van der Waals surface area contributed by atoms with Crippen molar-refractivity contribution in [2.75, 3.05) is 25.0 Å². The van der Waals surface area contributed by atoms with Gasteiger partial charge in [0.1, 0.15) is 6.54 Å². The first-order valence-corrected chi connectivity index (χ1v) is 10.8. The third kappa shape index (κ3) is 3.89. The van der Waals surface area contributed by atoms with Crippen LogP contribution in [0, 0.1) is 17.8 Å². The predicted octanol–water partition coefficient (Wildman–Crippen LogP) is 2.65. The van der Waals surface area contributed by atoms with Crippen molar-refractivity contribution in [1.29, 1.82) is 0 Å². The monoisotopic (exact) mass is 415 g/mol. The number of amides is 3. The van der Waals surface area contributed by atoms with Crippen LogP contribution < -0.4 is 5.32 Å². The summed E-state index contributed by atoms with van der Waals surface area (Å²) < 4.78 is 0. The maximum atomic E-state index is 12.8. The fourth-order valence-corrected chi connectivity index (χ4v) is 4.58. The Bertz CT molecular complexity index is 1040. The molecule has 0 radical (unpaired) electrons. The second-order valence-electron chi connectivity index (χ2n) is 8.49. The second-order valence-corrected chi connectivity index (χ2v) is 8.49. The van der Waals surface area contributed by atoms with Crippen LogP contribution >= 0.6 is 0 Å². The molecule has 5 rings (SSSR count). The summed E-state index contributed by atoms with van der Waals surface area (Å²) in [5, 5.41) is 12.8. The molecule has 1 saturated carbocycles. The molecule has 3 atom stereocenters. The van der Waals surface area contributed by atoms with E-state index in [2.05, 4.69) is 17.2 Å². The van der Waals surface area contributed by atoms with E-state index < -0.39 is 0 Å². The number of hydrogen-bond donors (Lipinski definition) is 2. The molecule has 6 heteroatoms. The van der Waals surface area contributed by atoms with E-state index in [0.717, 1.165) is 11.1 Å². The Hall–Kier alpha value is -3.30. The molecular weight excluding hydrogens is 390 g/mol. The zero-order chi connectivity index (χ0) is 21.4. The van der Waals surface area contributed by atoms with Crippen LogP contribution in [0.15, 0.2) is 54.6 Å². The fourth-order valence-electron chi connectivity index (χ4n) is 4.58. The number of nitrogens with zero attached hydrogens (tertiary/aromatic N) is 2. The Morgan fingerprint density at radius 3 is 2.52 bits per heavy atom. The summed E-state index contributed by atoms with van der Waals surface area (Å²) >= 11 is 0. The molecule has 31 heavy (non-hydrogen) atoms. The van der Waals surface area contributed by atoms with Crippen LogP contribution in [0.25, 0.3) is 0 Å². The van der Waals surface area contributed by atoms with Gasteiger partial charge in [0.15, 0.2) is 0 Å². The number of nitrogens with one attached hydrogen (secondary N) is 1. The largest absolute Gasteiger partial charge is 0.394 e. The van der Waals surface area contributed by atoms with Gasteiger partial charge >= 0.3 is 6.03 Å². The van der Waals surface area contributed by atoms with Crippen LogP contribution in [0.3, 0.4) is 0 Å². The molecule has 2 aliphatic heterocycles. The highest BCUT2D eigenvalue weighted by Gasteiger charge is 2.54. The standard InChI is InChI=1S/C25H25N3O3/c29-16-22-24(19-12-10-18(11-13-19)9-8-17-6-7-17)21-14-27(15-23(30)28(21)22)25(31)26-20-4-2-1-3-5-20/h1-5,10-13,17,21-22,24,29H,6-7,14-16H2,(H,26,31)/t21-,22+,24+/m1/s1. The van der Waals surface area contributed by atoms with E-state index in [9.17, 15) is 14.7 Å². The van der Waals surface area contributed by atoms with E-state index in [1.165, 1.54) is 12.8 Å². The number of para-hydroxylation sites is 1.